The molecule has 0 unspecified atom stereocenters. The van der Waals surface area contributed by atoms with Crippen LogP contribution in [0.4, 0.5) is 0 Å². The number of rotatable bonds is 11. The fourth-order valence-electron chi connectivity index (χ4n) is 9.06. The average Bonchev–Trinajstić information content (AvgIpc) is 3.15. The molecule has 3 saturated heterocycles. The fraction of sp³-hybridized carbons (Fsp3) is 0.818. The number of likely N-dealkylation sites (N-methyl/N-ethyl adjacent to an activating group) is 2. The van der Waals surface area contributed by atoms with Crippen molar-refractivity contribution in [2.45, 2.75) is 184 Å². The monoisotopic (exact) mass is 855 g/mol. The van der Waals surface area contributed by atoms with E-state index < -0.39 is 110 Å². The molecule has 16 nitrogen and oxygen atoms in total. The number of methoxy groups -OCH3 is 1. The smallest absolute Gasteiger partial charge is 0.308 e. The van der Waals surface area contributed by atoms with Gasteiger partial charge in [0.05, 0.1) is 54.7 Å². The molecule has 0 radical (unpaired) electrons. The van der Waals surface area contributed by atoms with Crippen molar-refractivity contribution in [1.82, 2.24) is 9.80 Å². The molecule has 19 atom stereocenters. The van der Waals surface area contributed by atoms with Gasteiger partial charge < -0.3 is 68.1 Å². The number of cyclic esters (lactones) is 1. The summed E-state index contributed by atoms with van der Waals surface area (Å²) in [7, 11) is 8.97. The second kappa shape index (κ2) is 22.5. The number of hydrogen-bond donors (Lipinski definition) is 4. The Labute approximate surface area is 356 Å². The second-order valence-corrected chi connectivity index (χ2v) is 17.9. The van der Waals surface area contributed by atoms with E-state index in [4.69, 9.17) is 37.9 Å². The SMILES string of the molecule is C=C(C=O)[C@H]1C[C@@H](C)[C@@H](O[C@H]2CC[C@H](N(C)C)[C@@H](C)O2)/C=C/C=C/C[C@@H](C)OC(=O)C[C@@H](O)[C@H](OC)[C@H]1O[C@@H]1O[C@H](C)[C@@H](O[C@H]2C[C@@](C)(O)[C@@H](O)[C@H](C)O2)[C@H](N(C)C)[C@H]1O. The normalized spacial score (nSPS) is 45.2. The minimum absolute atomic E-state index is 0.0268. The van der Waals surface area contributed by atoms with E-state index in [-0.39, 0.29) is 36.5 Å². The number of carbonyl (C=O) groups excluding carboxylic acids is 2. The molecule has 344 valence electrons. The van der Waals surface area contributed by atoms with Crippen molar-refractivity contribution in [3.63, 3.8) is 0 Å². The maximum absolute atomic E-state index is 13.1. The highest BCUT2D eigenvalue weighted by Crippen LogP contribution is 2.38. The highest BCUT2D eigenvalue weighted by Gasteiger charge is 2.52. The standard InChI is InChI=1S/C44H74N2O14/c1-24-20-30(25(2)23-47)40(60-43-38(50)37(46(10)11)39(28(5)57-43)59-36-22-44(7,52)42(51)29(6)56-36)41(53-12)32(48)21-34(49)54-26(3)16-14-13-15-17-33(24)58-35-19-18-31(45(8)9)27(4)55-35/h13-15,17,23-24,26-33,35-43,48,50-52H,2,16,18-22H2,1,3-12H3/b14-13+,17-15+/t24-,26-,27-,28-,29+,30-,31+,32-,33+,35+,36+,37-,38-,39-,40+,41+,42+,43+,44-/m1/s1. The van der Waals surface area contributed by atoms with Crippen molar-refractivity contribution in [2.75, 3.05) is 35.3 Å². The molecule has 0 aromatic heterocycles. The first-order valence-corrected chi connectivity index (χ1v) is 21.4. The third-order valence-electron chi connectivity index (χ3n) is 12.5. The van der Waals surface area contributed by atoms with Crippen molar-refractivity contribution < 1.29 is 67.9 Å². The fourth-order valence-corrected chi connectivity index (χ4v) is 9.06. The van der Waals surface area contributed by atoms with Crippen LogP contribution in [0.2, 0.25) is 0 Å². The van der Waals surface area contributed by atoms with Crippen LogP contribution in [0.15, 0.2) is 36.5 Å². The lowest BCUT2D eigenvalue weighted by Gasteiger charge is -2.50. The van der Waals surface area contributed by atoms with E-state index in [1.165, 1.54) is 14.0 Å². The number of allylic oxidation sites excluding steroid dienone is 2. The Kier molecular flexibility index (Phi) is 18.9. The molecule has 4 rings (SSSR count). The number of aliphatic hydroxyl groups excluding tert-OH is 3. The van der Waals surface area contributed by atoms with Crippen LogP contribution in [0.5, 0.6) is 0 Å². The summed E-state index contributed by atoms with van der Waals surface area (Å²) < 4.78 is 50.0. The molecule has 0 aromatic rings. The van der Waals surface area contributed by atoms with Gasteiger partial charge in [-0.15, -0.1) is 0 Å². The van der Waals surface area contributed by atoms with E-state index in [1.807, 2.05) is 52.2 Å². The lowest BCUT2D eigenvalue weighted by atomic mass is 9.80. The molecule has 0 amide bonds. The minimum Gasteiger partial charge on any atom is -0.462 e. The number of aliphatic hydroxyl groups is 4. The van der Waals surface area contributed by atoms with Crippen molar-refractivity contribution in [2.24, 2.45) is 11.8 Å². The first-order valence-electron chi connectivity index (χ1n) is 21.4. The predicted molar refractivity (Wildman–Crippen MR) is 221 cm³/mol. The molecule has 0 aromatic carbocycles. The lowest BCUT2D eigenvalue weighted by molar-refractivity contribution is -0.343. The molecular weight excluding hydrogens is 780 g/mol. The maximum Gasteiger partial charge on any atom is 0.308 e. The Morgan fingerprint density at radius 1 is 0.883 bits per heavy atom. The van der Waals surface area contributed by atoms with E-state index in [9.17, 15) is 30.0 Å². The molecule has 3 fully saturated rings. The van der Waals surface area contributed by atoms with Gasteiger partial charge in [0, 0.05) is 31.9 Å². The van der Waals surface area contributed by atoms with Gasteiger partial charge in [-0.05, 0) is 93.6 Å². The summed E-state index contributed by atoms with van der Waals surface area (Å²) in [5.41, 5.74) is -1.34. The lowest BCUT2D eigenvalue weighted by Crippen LogP contribution is -2.65. The number of esters is 1. The average molecular weight is 855 g/mol. The zero-order valence-electron chi connectivity index (χ0n) is 37.5. The summed E-state index contributed by atoms with van der Waals surface area (Å²) in [5.74, 6) is -1.79. The summed E-state index contributed by atoms with van der Waals surface area (Å²) in [5, 5.41) is 45.2. The van der Waals surface area contributed by atoms with Crippen LogP contribution in [0.25, 0.3) is 0 Å². The Balaban J connectivity index is 1.70. The van der Waals surface area contributed by atoms with Crippen LogP contribution in [0, 0.1) is 11.8 Å². The highest BCUT2D eigenvalue weighted by atomic mass is 16.7. The molecule has 4 heterocycles. The van der Waals surface area contributed by atoms with E-state index in [0.29, 0.717) is 19.1 Å². The summed E-state index contributed by atoms with van der Waals surface area (Å²) in [4.78, 5) is 29.8. The van der Waals surface area contributed by atoms with Crippen molar-refractivity contribution in [3.8, 4) is 0 Å². The molecule has 0 bridgehead atoms. The Hall–Kier alpha value is -2.16. The van der Waals surface area contributed by atoms with Gasteiger partial charge in [0.2, 0.25) is 0 Å². The summed E-state index contributed by atoms with van der Waals surface area (Å²) in [6.45, 7) is 14.8. The van der Waals surface area contributed by atoms with Gasteiger partial charge >= 0.3 is 5.97 Å². The molecule has 16 heteroatoms. The van der Waals surface area contributed by atoms with Crippen LogP contribution >= 0.6 is 0 Å². The number of aldehydes is 1. The van der Waals surface area contributed by atoms with Crippen molar-refractivity contribution in [3.05, 3.63) is 36.5 Å². The predicted octanol–water partition coefficient (Wildman–Crippen LogP) is 2.49. The van der Waals surface area contributed by atoms with Crippen molar-refractivity contribution in [1.29, 1.82) is 0 Å². The van der Waals surface area contributed by atoms with Crippen LogP contribution in [-0.2, 0) is 47.5 Å². The summed E-state index contributed by atoms with van der Waals surface area (Å²) in [6, 6.07) is -0.510. The van der Waals surface area contributed by atoms with Gasteiger partial charge in [-0.25, -0.2) is 0 Å². The zero-order valence-corrected chi connectivity index (χ0v) is 37.5. The number of hydrogen-bond acceptors (Lipinski definition) is 16. The molecular formula is C44H74N2O14. The minimum atomic E-state index is -1.48. The Morgan fingerprint density at radius 3 is 2.17 bits per heavy atom. The molecule has 60 heavy (non-hydrogen) atoms. The molecule has 0 aliphatic carbocycles. The topological polar surface area (TPSA) is 195 Å². The van der Waals surface area contributed by atoms with Crippen LogP contribution in [0.1, 0.15) is 80.1 Å². The van der Waals surface area contributed by atoms with Gasteiger partial charge in [-0.3, -0.25) is 9.59 Å². The largest absolute Gasteiger partial charge is 0.462 e. The Bertz CT molecular complexity index is 1440. The van der Waals surface area contributed by atoms with Crippen LogP contribution < -0.4 is 0 Å². The van der Waals surface area contributed by atoms with Gasteiger partial charge in [0.1, 0.15) is 36.8 Å². The van der Waals surface area contributed by atoms with Gasteiger partial charge in [0.25, 0.3) is 0 Å². The van der Waals surface area contributed by atoms with E-state index >= 15 is 0 Å². The Morgan fingerprint density at radius 2 is 1.57 bits per heavy atom. The first kappa shape index (κ1) is 50.5. The summed E-state index contributed by atoms with van der Waals surface area (Å²) in [6.07, 6.45) is -2.54. The number of carbonyl (C=O) groups is 2. The molecule has 4 N–H and O–H groups in total. The van der Waals surface area contributed by atoms with Crippen LogP contribution in [-0.4, -0.2) is 181 Å². The van der Waals surface area contributed by atoms with Gasteiger partial charge in [-0.2, -0.15) is 0 Å². The van der Waals surface area contributed by atoms with Crippen molar-refractivity contribution >= 4 is 12.3 Å². The highest BCUT2D eigenvalue weighted by molar-refractivity contribution is 5.73. The molecule has 4 aliphatic heterocycles. The zero-order chi connectivity index (χ0) is 44.6. The van der Waals surface area contributed by atoms with E-state index in [2.05, 4.69) is 11.5 Å². The van der Waals surface area contributed by atoms with E-state index in [0.717, 1.165) is 6.42 Å². The molecule has 0 spiro atoms. The maximum atomic E-state index is 13.1. The second-order valence-electron chi connectivity index (χ2n) is 17.9. The third kappa shape index (κ3) is 13.0. The first-order chi connectivity index (χ1) is 28.2. The summed E-state index contributed by atoms with van der Waals surface area (Å²) >= 11 is 0. The molecule has 0 saturated carbocycles. The quantitative estimate of drug-likeness (QED) is 0.134. The van der Waals surface area contributed by atoms with Gasteiger partial charge in [0.15, 0.2) is 18.9 Å². The van der Waals surface area contributed by atoms with Gasteiger partial charge in [-0.1, -0.05) is 37.8 Å². The third-order valence-corrected chi connectivity index (χ3v) is 12.5. The number of ether oxygens (including phenoxy) is 8. The van der Waals surface area contributed by atoms with Crippen LogP contribution in [0.3, 0.4) is 0 Å². The molecule has 4 aliphatic rings. The van der Waals surface area contributed by atoms with E-state index in [1.54, 1.807) is 39.8 Å². The number of nitrogens with zero attached hydrogens (tertiary/aromatic N) is 2.